The van der Waals surface area contributed by atoms with Crippen molar-refractivity contribution in [2.75, 3.05) is 12.4 Å². The fourth-order valence-corrected chi connectivity index (χ4v) is 2.23. The summed E-state index contributed by atoms with van der Waals surface area (Å²) in [6, 6.07) is 19.7. The summed E-state index contributed by atoms with van der Waals surface area (Å²) in [5.41, 5.74) is 1.55. The number of nitriles is 1. The zero-order valence-corrected chi connectivity index (χ0v) is 12.9. The molecule has 118 valence electrons. The smallest absolute Gasteiger partial charge is 0.258 e. The second kappa shape index (κ2) is 6.71. The van der Waals surface area contributed by atoms with E-state index in [0.717, 1.165) is 5.56 Å². The number of nitrogens with one attached hydrogen (secondary N) is 1. The third-order valence-corrected chi connectivity index (χ3v) is 3.49. The summed E-state index contributed by atoms with van der Waals surface area (Å²) in [5.74, 6) is 0.964. The van der Waals surface area contributed by atoms with E-state index in [1.165, 1.54) is 0 Å². The third-order valence-electron chi connectivity index (χ3n) is 3.49. The van der Waals surface area contributed by atoms with Crippen molar-refractivity contribution in [1.29, 1.82) is 5.26 Å². The first kappa shape index (κ1) is 15.4. The van der Waals surface area contributed by atoms with Crippen LogP contribution in [0.25, 0.3) is 11.3 Å². The van der Waals surface area contributed by atoms with Crippen molar-refractivity contribution in [2.24, 2.45) is 0 Å². The molecule has 1 amide bonds. The molecule has 0 saturated heterocycles. The number of rotatable bonds is 4. The van der Waals surface area contributed by atoms with Gasteiger partial charge >= 0.3 is 0 Å². The molecule has 0 radical (unpaired) electrons. The summed E-state index contributed by atoms with van der Waals surface area (Å²) >= 11 is 0. The van der Waals surface area contributed by atoms with Crippen LogP contribution in [0, 0.1) is 11.3 Å². The summed E-state index contributed by atoms with van der Waals surface area (Å²) in [7, 11) is 1.56. The van der Waals surface area contributed by atoms with Gasteiger partial charge in [0, 0.05) is 17.2 Å². The number of carbonyl (C=O) groups is 1. The fourth-order valence-electron chi connectivity index (χ4n) is 2.23. The van der Waals surface area contributed by atoms with E-state index in [0.29, 0.717) is 17.1 Å². The highest BCUT2D eigenvalue weighted by atomic mass is 16.5. The Morgan fingerprint density at radius 1 is 1.12 bits per heavy atom. The molecule has 0 aliphatic rings. The van der Waals surface area contributed by atoms with Crippen LogP contribution in [0.15, 0.2) is 65.1 Å². The molecule has 1 N–H and O–H groups in total. The predicted octanol–water partition coefficient (Wildman–Crippen LogP) is 4.08. The van der Waals surface area contributed by atoms with Crippen LogP contribution in [0.3, 0.4) is 0 Å². The van der Waals surface area contributed by atoms with Crippen LogP contribution in [0.4, 0.5) is 5.88 Å². The van der Waals surface area contributed by atoms with Gasteiger partial charge < -0.3 is 9.15 Å². The molecule has 24 heavy (non-hydrogen) atoms. The number of carbonyl (C=O) groups excluding carboxylic acids is 1. The lowest BCUT2D eigenvalue weighted by Gasteiger charge is -2.04. The van der Waals surface area contributed by atoms with Crippen LogP contribution in [0.5, 0.6) is 5.75 Å². The third kappa shape index (κ3) is 3.13. The number of benzene rings is 2. The lowest BCUT2D eigenvalue weighted by Crippen LogP contribution is -2.11. The lowest BCUT2D eigenvalue weighted by atomic mass is 10.1. The highest BCUT2D eigenvalue weighted by Crippen LogP contribution is 2.29. The molecule has 0 saturated carbocycles. The second-order valence-electron chi connectivity index (χ2n) is 5.01. The molecule has 5 heteroatoms. The number of hydrogen-bond acceptors (Lipinski definition) is 4. The van der Waals surface area contributed by atoms with Gasteiger partial charge in [0.15, 0.2) is 0 Å². The summed E-state index contributed by atoms with van der Waals surface area (Å²) in [5, 5.41) is 11.9. The van der Waals surface area contributed by atoms with Crippen LogP contribution in [0.1, 0.15) is 15.9 Å². The molecule has 1 heterocycles. The van der Waals surface area contributed by atoms with Gasteiger partial charge in [0.05, 0.1) is 7.11 Å². The zero-order valence-electron chi connectivity index (χ0n) is 12.9. The summed E-state index contributed by atoms with van der Waals surface area (Å²) < 4.78 is 10.7. The van der Waals surface area contributed by atoms with Crippen molar-refractivity contribution in [3.8, 4) is 23.1 Å². The van der Waals surface area contributed by atoms with E-state index in [4.69, 9.17) is 9.15 Å². The van der Waals surface area contributed by atoms with E-state index in [2.05, 4.69) is 5.32 Å². The zero-order chi connectivity index (χ0) is 16.9. The van der Waals surface area contributed by atoms with Gasteiger partial charge in [-0.15, -0.1) is 0 Å². The van der Waals surface area contributed by atoms with Gasteiger partial charge in [0.25, 0.3) is 5.91 Å². The Balaban J connectivity index is 1.85. The van der Waals surface area contributed by atoms with Crippen molar-refractivity contribution in [3.63, 3.8) is 0 Å². The Kier molecular flexibility index (Phi) is 4.30. The number of methoxy groups -OCH3 is 1. The van der Waals surface area contributed by atoms with Crippen molar-refractivity contribution in [3.05, 3.63) is 71.8 Å². The second-order valence-corrected chi connectivity index (χ2v) is 5.01. The molecule has 5 nitrogen and oxygen atoms in total. The first-order valence-electron chi connectivity index (χ1n) is 7.26. The van der Waals surface area contributed by atoms with Crippen LogP contribution in [0.2, 0.25) is 0 Å². The first-order valence-corrected chi connectivity index (χ1v) is 7.26. The SMILES string of the molecule is COc1ccc(C(=O)Nc2oc(-c3ccccc3)cc2C#N)cc1. The van der Waals surface area contributed by atoms with E-state index in [9.17, 15) is 10.1 Å². The molecule has 3 rings (SSSR count). The Bertz CT molecular complexity index is 891. The highest BCUT2D eigenvalue weighted by molar-refractivity contribution is 6.04. The number of amides is 1. The van der Waals surface area contributed by atoms with E-state index >= 15 is 0 Å². The molecule has 0 spiro atoms. The minimum atomic E-state index is -0.358. The van der Waals surface area contributed by atoms with E-state index in [1.807, 2.05) is 36.4 Å². The Hall–Kier alpha value is -3.52. The van der Waals surface area contributed by atoms with Gasteiger partial charge in [0.1, 0.15) is 23.1 Å². The average Bonchev–Trinajstić information content (AvgIpc) is 3.05. The van der Waals surface area contributed by atoms with Gasteiger partial charge in [-0.3, -0.25) is 10.1 Å². The van der Waals surface area contributed by atoms with Gasteiger partial charge in [-0.05, 0) is 24.3 Å². The minimum absolute atomic E-state index is 0.136. The molecule has 0 unspecified atom stereocenters. The van der Waals surface area contributed by atoms with E-state index < -0.39 is 0 Å². The van der Waals surface area contributed by atoms with Crippen LogP contribution >= 0.6 is 0 Å². The number of ether oxygens (including phenoxy) is 1. The lowest BCUT2D eigenvalue weighted by molar-refractivity contribution is 0.102. The highest BCUT2D eigenvalue weighted by Gasteiger charge is 2.16. The molecule has 0 atom stereocenters. The molecule has 0 fully saturated rings. The summed E-state index contributed by atoms with van der Waals surface area (Å²) in [6.45, 7) is 0. The van der Waals surface area contributed by atoms with E-state index in [-0.39, 0.29) is 17.4 Å². The van der Waals surface area contributed by atoms with Gasteiger partial charge in [-0.25, -0.2) is 0 Å². The molecular weight excluding hydrogens is 304 g/mol. The number of hydrogen-bond donors (Lipinski definition) is 1. The molecule has 0 aliphatic carbocycles. The van der Waals surface area contributed by atoms with Crippen LogP contribution in [-0.4, -0.2) is 13.0 Å². The fraction of sp³-hybridized carbons (Fsp3) is 0.0526. The van der Waals surface area contributed by atoms with Crippen LogP contribution in [-0.2, 0) is 0 Å². The number of furan rings is 1. The normalized spacial score (nSPS) is 10.0. The Labute approximate surface area is 139 Å². The molecular formula is C19H14N2O3. The maximum absolute atomic E-state index is 12.3. The number of anilines is 1. The molecule has 0 aliphatic heterocycles. The minimum Gasteiger partial charge on any atom is -0.497 e. The first-order chi connectivity index (χ1) is 11.7. The van der Waals surface area contributed by atoms with Crippen molar-refractivity contribution in [1.82, 2.24) is 0 Å². The topological polar surface area (TPSA) is 75.3 Å². The Morgan fingerprint density at radius 2 is 1.83 bits per heavy atom. The Morgan fingerprint density at radius 3 is 2.46 bits per heavy atom. The maximum Gasteiger partial charge on any atom is 0.258 e. The summed E-state index contributed by atoms with van der Waals surface area (Å²) in [4.78, 5) is 12.3. The molecule has 0 bridgehead atoms. The molecule has 1 aromatic heterocycles. The van der Waals surface area contributed by atoms with Crippen molar-refractivity contribution < 1.29 is 13.9 Å². The summed E-state index contributed by atoms with van der Waals surface area (Å²) in [6.07, 6.45) is 0. The quantitative estimate of drug-likeness (QED) is 0.786. The standard InChI is InChI=1S/C19H14N2O3/c1-23-16-9-7-14(8-10-16)18(22)21-19-15(12-20)11-17(24-19)13-5-3-2-4-6-13/h2-11H,1H3,(H,21,22). The van der Waals surface area contributed by atoms with Crippen molar-refractivity contribution >= 4 is 11.8 Å². The monoisotopic (exact) mass is 318 g/mol. The predicted molar refractivity (Wildman–Crippen MR) is 89.8 cm³/mol. The maximum atomic E-state index is 12.3. The van der Waals surface area contributed by atoms with Gasteiger partial charge in [-0.1, -0.05) is 30.3 Å². The largest absolute Gasteiger partial charge is 0.497 e. The number of nitrogens with zero attached hydrogens (tertiary/aromatic N) is 1. The van der Waals surface area contributed by atoms with Crippen LogP contribution < -0.4 is 10.1 Å². The average molecular weight is 318 g/mol. The molecule has 3 aromatic rings. The van der Waals surface area contributed by atoms with Gasteiger partial charge in [-0.2, -0.15) is 5.26 Å². The van der Waals surface area contributed by atoms with E-state index in [1.54, 1.807) is 37.4 Å². The molecule has 2 aromatic carbocycles. The van der Waals surface area contributed by atoms with Gasteiger partial charge in [0.2, 0.25) is 5.88 Å². The van der Waals surface area contributed by atoms with Crippen molar-refractivity contribution in [2.45, 2.75) is 0 Å².